The Kier molecular flexibility index (Phi) is 2.98. The molecule has 1 amide bonds. The first-order valence-electron chi connectivity index (χ1n) is 6.91. The minimum atomic E-state index is 0.0138. The van der Waals surface area contributed by atoms with E-state index in [1.54, 1.807) is 0 Å². The highest BCUT2D eigenvalue weighted by molar-refractivity contribution is 5.88. The molecule has 0 spiro atoms. The zero-order valence-electron chi connectivity index (χ0n) is 10.9. The van der Waals surface area contributed by atoms with Crippen LogP contribution in [-0.4, -0.2) is 30.4 Å². The zero-order valence-corrected chi connectivity index (χ0v) is 10.9. The molecular formula is C15H20N2O. The predicted octanol–water partition coefficient (Wildman–Crippen LogP) is 2.45. The molecule has 0 radical (unpaired) electrons. The fourth-order valence-electron chi connectivity index (χ4n) is 2.71. The smallest absolute Gasteiger partial charge is 0.231 e. The summed E-state index contributed by atoms with van der Waals surface area (Å²) in [6.07, 6.45) is 2.59. The molecule has 1 unspecified atom stereocenters. The molecule has 1 fully saturated rings. The molecule has 0 saturated heterocycles. The van der Waals surface area contributed by atoms with Gasteiger partial charge in [-0.25, -0.2) is 0 Å². The van der Waals surface area contributed by atoms with Crippen LogP contribution in [0, 0.1) is 5.92 Å². The van der Waals surface area contributed by atoms with Crippen molar-refractivity contribution in [2.45, 2.75) is 25.7 Å². The van der Waals surface area contributed by atoms with Crippen molar-refractivity contribution in [2.75, 3.05) is 25.0 Å². The highest BCUT2D eigenvalue weighted by Crippen LogP contribution is 2.34. The summed E-state index contributed by atoms with van der Waals surface area (Å²) in [5, 5.41) is 3.33. The second-order valence-corrected chi connectivity index (χ2v) is 5.34. The fourth-order valence-corrected chi connectivity index (χ4v) is 2.71. The molecule has 18 heavy (non-hydrogen) atoms. The number of nitrogens with one attached hydrogen (secondary N) is 1. The van der Waals surface area contributed by atoms with E-state index in [1.807, 2.05) is 17.0 Å². The second kappa shape index (κ2) is 4.63. The van der Waals surface area contributed by atoms with Crippen LogP contribution in [0.25, 0.3) is 0 Å². The highest BCUT2D eigenvalue weighted by atomic mass is 16.2. The van der Waals surface area contributed by atoms with Gasteiger partial charge in [0.2, 0.25) is 5.91 Å². The topological polar surface area (TPSA) is 32.3 Å². The molecule has 3 heteroatoms. The van der Waals surface area contributed by atoms with E-state index < -0.39 is 0 Å². The monoisotopic (exact) mass is 244 g/mol. The van der Waals surface area contributed by atoms with Gasteiger partial charge in [-0.2, -0.15) is 0 Å². The summed E-state index contributed by atoms with van der Waals surface area (Å²) < 4.78 is 0. The second-order valence-electron chi connectivity index (χ2n) is 5.34. The molecule has 96 valence electrons. The molecular weight excluding hydrogens is 224 g/mol. The van der Waals surface area contributed by atoms with Crippen LogP contribution in [0.15, 0.2) is 24.3 Å². The van der Waals surface area contributed by atoms with Gasteiger partial charge in [0.1, 0.15) is 0 Å². The third-order valence-electron chi connectivity index (χ3n) is 4.00. The number of anilines is 1. The summed E-state index contributed by atoms with van der Waals surface area (Å²) in [5.41, 5.74) is 2.29. The third kappa shape index (κ3) is 2.09. The largest absolute Gasteiger partial charge is 0.384 e. The van der Waals surface area contributed by atoms with E-state index in [0.29, 0.717) is 5.91 Å². The number of amides is 1. The van der Waals surface area contributed by atoms with Crippen molar-refractivity contribution < 1.29 is 4.79 Å². The minimum absolute atomic E-state index is 0.0138. The Bertz CT molecular complexity index is 454. The van der Waals surface area contributed by atoms with Gasteiger partial charge in [-0.15, -0.1) is 0 Å². The molecule has 3 rings (SSSR count). The number of carbonyl (C=O) groups is 1. The molecule has 1 saturated carbocycles. The van der Waals surface area contributed by atoms with E-state index in [4.69, 9.17) is 0 Å². The quantitative estimate of drug-likeness (QED) is 0.882. The van der Waals surface area contributed by atoms with Crippen molar-refractivity contribution in [2.24, 2.45) is 5.92 Å². The summed E-state index contributed by atoms with van der Waals surface area (Å²) in [6, 6.07) is 8.16. The summed E-state index contributed by atoms with van der Waals surface area (Å²) in [4.78, 5) is 14.6. The van der Waals surface area contributed by atoms with Gasteiger partial charge in [0.05, 0.1) is 5.92 Å². The van der Waals surface area contributed by atoms with Gasteiger partial charge >= 0.3 is 0 Å². The van der Waals surface area contributed by atoms with E-state index >= 15 is 0 Å². The maximum absolute atomic E-state index is 12.6. The Morgan fingerprint density at radius 2 is 2.17 bits per heavy atom. The molecule has 1 heterocycles. The molecule has 2 aliphatic rings. The Balaban J connectivity index is 1.76. The summed E-state index contributed by atoms with van der Waals surface area (Å²) in [6.45, 7) is 4.61. The van der Waals surface area contributed by atoms with Crippen LogP contribution >= 0.6 is 0 Å². The van der Waals surface area contributed by atoms with Crippen LogP contribution in [-0.2, 0) is 4.79 Å². The Morgan fingerprint density at radius 1 is 1.39 bits per heavy atom. The SMILES string of the molecule is CCN(CC1CC1)C(=O)C1CNc2ccccc21. The molecule has 3 nitrogen and oxygen atoms in total. The zero-order chi connectivity index (χ0) is 12.5. The number of rotatable bonds is 4. The van der Waals surface area contributed by atoms with E-state index in [0.717, 1.165) is 36.8 Å². The number of para-hydroxylation sites is 1. The fraction of sp³-hybridized carbons (Fsp3) is 0.533. The van der Waals surface area contributed by atoms with Crippen LogP contribution < -0.4 is 5.32 Å². The molecule has 1 atom stereocenters. The summed E-state index contributed by atoms with van der Waals surface area (Å²) in [7, 11) is 0. The van der Waals surface area contributed by atoms with Gasteiger partial charge in [0, 0.05) is 25.3 Å². The lowest BCUT2D eigenvalue weighted by molar-refractivity contribution is -0.132. The van der Waals surface area contributed by atoms with Gasteiger partial charge in [0.15, 0.2) is 0 Å². The van der Waals surface area contributed by atoms with Crippen molar-refractivity contribution in [3.63, 3.8) is 0 Å². The molecule has 1 aliphatic carbocycles. The molecule has 1 aliphatic heterocycles. The van der Waals surface area contributed by atoms with Crippen molar-refractivity contribution in [3.05, 3.63) is 29.8 Å². The van der Waals surface area contributed by atoms with Gasteiger partial charge in [-0.1, -0.05) is 18.2 Å². The van der Waals surface area contributed by atoms with E-state index in [2.05, 4.69) is 24.4 Å². The Morgan fingerprint density at radius 3 is 2.89 bits per heavy atom. The van der Waals surface area contributed by atoms with Crippen molar-refractivity contribution >= 4 is 11.6 Å². The standard InChI is InChI=1S/C15H20N2O/c1-2-17(10-11-7-8-11)15(18)13-9-16-14-6-4-3-5-12(13)14/h3-6,11,13,16H,2,7-10H2,1H3. The summed E-state index contributed by atoms with van der Waals surface area (Å²) >= 11 is 0. The van der Waals surface area contributed by atoms with Crippen LogP contribution in [0.1, 0.15) is 31.2 Å². The van der Waals surface area contributed by atoms with Crippen molar-refractivity contribution in [3.8, 4) is 0 Å². The van der Waals surface area contributed by atoms with Crippen LogP contribution in [0.3, 0.4) is 0 Å². The van der Waals surface area contributed by atoms with Gasteiger partial charge in [-0.3, -0.25) is 4.79 Å². The van der Waals surface area contributed by atoms with E-state index in [9.17, 15) is 4.79 Å². The van der Waals surface area contributed by atoms with Crippen molar-refractivity contribution in [1.82, 2.24) is 4.90 Å². The number of likely N-dealkylation sites (N-methyl/N-ethyl adjacent to an activating group) is 1. The first-order chi connectivity index (χ1) is 8.79. The average Bonchev–Trinajstić information content (AvgIpc) is 3.12. The molecule has 0 bridgehead atoms. The minimum Gasteiger partial charge on any atom is -0.384 e. The molecule has 1 aromatic carbocycles. The Hall–Kier alpha value is -1.51. The number of carbonyl (C=O) groups excluding carboxylic acids is 1. The number of nitrogens with zero attached hydrogens (tertiary/aromatic N) is 1. The first-order valence-corrected chi connectivity index (χ1v) is 6.91. The Labute approximate surface area is 108 Å². The maximum Gasteiger partial charge on any atom is 0.231 e. The van der Waals surface area contributed by atoms with Gasteiger partial charge in [-0.05, 0) is 37.3 Å². The number of benzene rings is 1. The third-order valence-corrected chi connectivity index (χ3v) is 4.00. The van der Waals surface area contributed by atoms with E-state index in [-0.39, 0.29) is 5.92 Å². The highest BCUT2D eigenvalue weighted by Gasteiger charge is 2.33. The number of fused-ring (bicyclic) bond motifs is 1. The van der Waals surface area contributed by atoms with Crippen molar-refractivity contribution in [1.29, 1.82) is 0 Å². The molecule has 0 aromatic heterocycles. The first kappa shape index (κ1) is 11.6. The number of hydrogen-bond donors (Lipinski definition) is 1. The summed E-state index contributed by atoms with van der Waals surface area (Å²) in [5.74, 6) is 1.07. The van der Waals surface area contributed by atoms with Crippen LogP contribution in [0.4, 0.5) is 5.69 Å². The lowest BCUT2D eigenvalue weighted by Crippen LogP contribution is -2.37. The van der Waals surface area contributed by atoms with Crippen LogP contribution in [0.2, 0.25) is 0 Å². The number of hydrogen-bond acceptors (Lipinski definition) is 2. The van der Waals surface area contributed by atoms with Gasteiger partial charge in [0.25, 0.3) is 0 Å². The average molecular weight is 244 g/mol. The maximum atomic E-state index is 12.6. The van der Waals surface area contributed by atoms with E-state index in [1.165, 1.54) is 12.8 Å². The lowest BCUT2D eigenvalue weighted by Gasteiger charge is -2.24. The normalized spacial score (nSPS) is 21.3. The molecule has 1 N–H and O–H groups in total. The molecule has 1 aromatic rings. The predicted molar refractivity (Wildman–Crippen MR) is 72.7 cm³/mol. The lowest BCUT2D eigenvalue weighted by atomic mass is 9.99. The van der Waals surface area contributed by atoms with Crippen LogP contribution in [0.5, 0.6) is 0 Å². The van der Waals surface area contributed by atoms with Gasteiger partial charge < -0.3 is 10.2 Å².